The average molecular weight is 228 g/mol. The zero-order chi connectivity index (χ0) is 12.0. The predicted octanol–water partition coefficient (Wildman–Crippen LogP) is 0.0575. The van der Waals surface area contributed by atoms with Crippen LogP contribution in [0.5, 0.6) is 0 Å². The molecule has 6 heteroatoms. The minimum atomic E-state index is -1.08. The van der Waals surface area contributed by atoms with E-state index in [0.29, 0.717) is 13.1 Å². The molecule has 1 heterocycles. The van der Waals surface area contributed by atoms with Crippen LogP contribution in [0.15, 0.2) is 12.2 Å². The van der Waals surface area contributed by atoms with E-state index in [9.17, 15) is 9.59 Å². The van der Waals surface area contributed by atoms with E-state index in [2.05, 4.69) is 5.32 Å². The van der Waals surface area contributed by atoms with E-state index in [-0.39, 0.29) is 12.6 Å². The van der Waals surface area contributed by atoms with Crippen molar-refractivity contribution >= 4 is 12.0 Å². The second kappa shape index (κ2) is 6.12. The van der Waals surface area contributed by atoms with Crippen molar-refractivity contribution in [3.8, 4) is 0 Å². The largest absolute Gasteiger partial charge is 0.479 e. The molecule has 1 aliphatic heterocycles. The van der Waals surface area contributed by atoms with Gasteiger partial charge in [-0.15, -0.1) is 0 Å². The Morgan fingerprint density at radius 2 is 2.31 bits per heavy atom. The Hall–Kier alpha value is -1.56. The number of nitrogens with zero attached hydrogens (tertiary/aromatic N) is 1. The van der Waals surface area contributed by atoms with Crippen molar-refractivity contribution in [1.29, 1.82) is 0 Å². The van der Waals surface area contributed by atoms with Gasteiger partial charge in [-0.3, -0.25) is 0 Å². The third-order valence-corrected chi connectivity index (χ3v) is 2.34. The first-order valence-electron chi connectivity index (χ1n) is 5.08. The molecule has 1 atom stereocenters. The molecule has 0 radical (unpaired) electrons. The van der Waals surface area contributed by atoms with Crippen LogP contribution in [-0.2, 0) is 9.53 Å². The molecule has 1 rings (SSSR count). The normalized spacial score (nSPS) is 16.9. The molecule has 90 valence electrons. The molecule has 0 fully saturated rings. The molecule has 0 unspecified atom stereocenters. The van der Waals surface area contributed by atoms with Gasteiger partial charge in [-0.05, 0) is 6.42 Å². The highest BCUT2D eigenvalue weighted by molar-refractivity contribution is 5.77. The maximum absolute atomic E-state index is 11.6. The van der Waals surface area contributed by atoms with E-state index in [1.165, 1.54) is 7.11 Å². The van der Waals surface area contributed by atoms with Gasteiger partial charge < -0.3 is 20.1 Å². The number of amides is 2. The average Bonchev–Trinajstić information content (AvgIpc) is 2.30. The van der Waals surface area contributed by atoms with E-state index in [1.54, 1.807) is 4.90 Å². The molecular formula is C10H16N2O4. The van der Waals surface area contributed by atoms with Crippen LogP contribution in [-0.4, -0.2) is 54.9 Å². The van der Waals surface area contributed by atoms with Crippen molar-refractivity contribution in [3.63, 3.8) is 0 Å². The summed E-state index contributed by atoms with van der Waals surface area (Å²) < 4.78 is 4.70. The number of rotatable bonds is 4. The number of hydrogen-bond donors (Lipinski definition) is 2. The van der Waals surface area contributed by atoms with Crippen LogP contribution in [0.1, 0.15) is 6.42 Å². The second-order valence-electron chi connectivity index (χ2n) is 3.45. The van der Waals surface area contributed by atoms with Gasteiger partial charge in [0.15, 0.2) is 6.10 Å². The monoisotopic (exact) mass is 228 g/mol. The van der Waals surface area contributed by atoms with Crippen LogP contribution in [0, 0.1) is 0 Å². The minimum absolute atomic E-state index is 0.0229. The first-order valence-corrected chi connectivity index (χ1v) is 5.08. The number of carbonyl (C=O) groups excluding carboxylic acids is 1. The number of methoxy groups -OCH3 is 1. The van der Waals surface area contributed by atoms with Gasteiger partial charge >= 0.3 is 12.0 Å². The number of ether oxygens (including phenoxy) is 1. The molecule has 1 aliphatic rings. The second-order valence-corrected chi connectivity index (χ2v) is 3.45. The number of carboxylic acid groups (broad SMARTS) is 1. The van der Waals surface area contributed by atoms with Crippen molar-refractivity contribution in [1.82, 2.24) is 10.2 Å². The van der Waals surface area contributed by atoms with Gasteiger partial charge in [0.05, 0.1) is 6.54 Å². The number of carboxylic acids is 1. The van der Waals surface area contributed by atoms with Crippen molar-refractivity contribution in [2.45, 2.75) is 12.5 Å². The number of nitrogens with one attached hydrogen (secondary N) is 1. The first kappa shape index (κ1) is 12.5. The van der Waals surface area contributed by atoms with E-state index < -0.39 is 12.1 Å². The summed E-state index contributed by atoms with van der Waals surface area (Å²) in [5.74, 6) is -1.08. The smallest absolute Gasteiger partial charge is 0.334 e. The first-order chi connectivity index (χ1) is 7.65. The third-order valence-electron chi connectivity index (χ3n) is 2.34. The lowest BCUT2D eigenvalue weighted by Gasteiger charge is -2.24. The summed E-state index contributed by atoms with van der Waals surface area (Å²) in [5.41, 5.74) is 0. The summed E-state index contributed by atoms with van der Waals surface area (Å²) in [6.07, 6.45) is 3.76. The van der Waals surface area contributed by atoms with Crippen LogP contribution in [0.3, 0.4) is 0 Å². The predicted molar refractivity (Wildman–Crippen MR) is 57.2 cm³/mol. The number of carbonyl (C=O) groups is 2. The van der Waals surface area contributed by atoms with Gasteiger partial charge in [-0.25, -0.2) is 9.59 Å². The molecule has 6 nitrogen and oxygen atoms in total. The maximum Gasteiger partial charge on any atom is 0.334 e. The van der Waals surface area contributed by atoms with Crippen LogP contribution >= 0.6 is 0 Å². The van der Waals surface area contributed by atoms with Crippen molar-refractivity contribution < 1.29 is 19.4 Å². The van der Waals surface area contributed by atoms with Crippen LogP contribution in [0.4, 0.5) is 4.79 Å². The topological polar surface area (TPSA) is 78.9 Å². The molecule has 0 spiro atoms. The summed E-state index contributed by atoms with van der Waals surface area (Å²) in [6.45, 7) is 1.20. The summed E-state index contributed by atoms with van der Waals surface area (Å²) >= 11 is 0. The summed E-state index contributed by atoms with van der Waals surface area (Å²) in [7, 11) is 1.30. The Bertz CT molecular complexity index is 291. The highest BCUT2D eigenvalue weighted by atomic mass is 16.5. The molecule has 0 saturated carbocycles. The number of urea groups is 1. The lowest BCUT2D eigenvalue weighted by molar-refractivity contribution is -0.148. The molecule has 0 aliphatic carbocycles. The van der Waals surface area contributed by atoms with Gasteiger partial charge in [0, 0.05) is 20.2 Å². The number of aliphatic carboxylic acids is 1. The Balaban J connectivity index is 2.33. The highest BCUT2D eigenvalue weighted by Crippen LogP contribution is 2.01. The summed E-state index contributed by atoms with van der Waals surface area (Å²) in [6, 6.07) is -0.257. The molecule has 2 amide bonds. The van der Waals surface area contributed by atoms with Crippen molar-refractivity contribution in [3.05, 3.63) is 12.2 Å². The van der Waals surface area contributed by atoms with E-state index in [1.807, 2.05) is 12.2 Å². The Morgan fingerprint density at radius 3 is 2.81 bits per heavy atom. The van der Waals surface area contributed by atoms with Gasteiger partial charge in [0.2, 0.25) is 0 Å². The lowest BCUT2D eigenvalue weighted by Crippen LogP contribution is -2.46. The Kier molecular flexibility index (Phi) is 4.78. The third kappa shape index (κ3) is 3.54. The molecule has 16 heavy (non-hydrogen) atoms. The Labute approximate surface area is 93.9 Å². The zero-order valence-corrected chi connectivity index (χ0v) is 9.18. The van der Waals surface area contributed by atoms with Crippen LogP contribution < -0.4 is 5.32 Å². The zero-order valence-electron chi connectivity index (χ0n) is 9.18. The van der Waals surface area contributed by atoms with Crippen LogP contribution in [0.2, 0.25) is 0 Å². The van der Waals surface area contributed by atoms with Crippen molar-refractivity contribution in [2.24, 2.45) is 0 Å². The molecular weight excluding hydrogens is 212 g/mol. The fourth-order valence-electron chi connectivity index (χ4n) is 1.39. The van der Waals surface area contributed by atoms with E-state index in [0.717, 1.165) is 6.42 Å². The summed E-state index contributed by atoms with van der Waals surface area (Å²) in [4.78, 5) is 23.8. The standard InChI is InChI=1S/C10H16N2O4/c1-16-8(9(13)14)7-11-10(15)12-5-3-2-4-6-12/h2-3,8H,4-7H2,1H3,(H,11,15)(H,13,14)/t8-/m0/s1. The van der Waals surface area contributed by atoms with Crippen molar-refractivity contribution in [2.75, 3.05) is 26.7 Å². The molecule has 0 aromatic rings. The lowest BCUT2D eigenvalue weighted by atomic mass is 10.2. The number of hydrogen-bond acceptors (Lipinski definition) is 3. The van der Waals surface area contributed by atoms with Crippen LogP contribution in [0.25, 0.3) is 0 Å². The molecule has 0 saturated heterocycles. The fraction of sp³-hybridized carbons (Fsp3) is 0.600. The summed E-state index contributed by atoms with van der Waals surface area (Å²) in [5, 5.41) is 11.2. The highest BCUT2D eigenvalue weighted by Gasteiger charge is 2.19. The van der Waals surface area contributed by atoms with Gasteiger partial charge in [0.25, 0.3) is 0 Å². The molecule has 0 bridgehead atoms. The van der Waals surface area contributed by atoms with E-state index >= 15 is 0 Å². The van der Waals surface area contributed by atoms with E-state index in [4.69, 9.17) is 9.84 Å². The molecule has 0 aromatic heterocycles. The van der Waals surface area contributed by atoms with Gasteiger partial charge in [-0.2, -0.15) is 0 Å². The maximum atomic E-state index is 11.6. The molecule has 0 aromatic carbocycles. The quantitative estimate of drug-likeness (QED) is 0.667. The fourth-order valence-corrected chi connectivity index (χ4v) is 1.39. The minimum Gasteiger partial charge on any atom is -0.479 e. The molecule has 2 N–H and O–H groups in total. The SMILES string of the molecule is CO[C@@H](CNC(=O)N1CC=CCC1)C(=O)O. The van der Waals surface area contributed by atoms with Gasteiger partial charge in [0.1, 0.15) is 0 Å². The van der Waals surface area contributed by atoms with Gasteiger partial charge in [-0.1, -0.05) is 12.2 Å². The Morgan fingerprint density at radius 1 is 1.56 bits per heavy atom.